The Hall–Kier alpha value is -2.41. The number of aromatic nitrogens is 3. The molecule has 0 bridgehead atoms. The van der Waals surface area contributed by atoms with Crippen LogP contribution in [0.1, 0.15) is 54.9 Å². The normalized spacial score (nSPS) is 18.9. The Morgan fingerprint density at radius 1 is 1.15 bits per heavy atom. The number of carbonyl (C=O) groups is 1. The summed E-state index contributed by atoms with van der Waals surface area (Å²) in [6.07, 6.45) is 12.2. The Morgan fingerprint density at radius 3 is 2.69 bits per heavy atom. The standard InChI is InChI=1S/C19H26N6O/c20-18-17(19(26)24-15-3-1-2-4-15)9-13(10-22-18)14-11-23-25(12-14)16-5-7-21-8-6-16/h9-12,15-16,21H,1-8H2,(H2,20,22)(H,24,26). The summed E-state index contributed by atoms with van der Waals surface area (Å²) in [5, 5.41) is 11.0. The van der Waals surface area contributed by atoms with Crippen molar-refractivity contribution in [2.75, 3.05) is 18.8 Å². The van der Waals surface area contributed by atoms with Crippen LogP contribution in [0.15, 0.2) is 24.7 Å². The number of amides is 1. The van der Waals surface area contributed by atoms with E-state index in [4.69, 9.17) is 5.73 Å². The van der Waals surface area contributed by atoms with Crippen molar-refractivity contribution in [1.29, 1.82) is 0 Å². The number of hydrogen-bond acceptors (Lipinski definition) is 5. The van der Waals surface area contributed by atoms with Gasteiger partial charge in [-0.15, -0.1) is 0 Å². The van der Waals surface area contributed by atoms with Gasteiger partial charge in [0.05, 0.1) is 17.8 Å². The molecule has 0 atom stereocenters. The molecule has 1 saturated carbocycles. The fourth-order valence-electron chi connectivity index (χ4n) is 3.91. The highest BCUT2D eigenvalue weighted by Crippen LogP contribution is 2.25. The molecule has 1 amide bonds. The van der Waals surface area contributed by atoms with Gasteiger partial charge in [0.2, 0.25) is 0 Å². The molecule has 1 aliphatic heterocycles. The van der Waals surface area contributed by atoms with E-state index < -0.39 is 0 Å². The molecule has 2 aliphatic rings. The lowest BCUT2D eigenvalue weighted by molar-refractivity contribution is 0.0938. The molecule has 138 valence electrons. The highest BCUT2D eigenvalue weighted by atomic mass is 16.1. The highest BCUT2D eigenvalue weighted by Gasteiger charge is 2.21. The maximum absolute atomic E-state index is 12.6. The fourth-order valence-corrected chi connectivity index (χ4v) is 3.91. The van der Waals surface area contributed by atoms with Gasteiger partial charge in [0.1, 0.15) is 5.82 Å². The first-order chi connectivity index (χ1) is 12.7. The second-order valence-electron chi connectivity index (χ2n) is 7.30. The molecule has 7 nitrogen and oxygen atoms in total. The van der Waals surface area contributed by atoms with E-state index >= 15 is 0 Å². The Morgan fingerprint density at radius 2 is 1.92 bits per heavy atom. The lowest BCUT2D eigenvalue weighted by Crippen LogP contribution is -2.33. The molecule has 2 aromatic heterocycles. The molecule has 0 unspecified atom stereocenters. The molecule has 0 radical (unpaired) electrons. The maximum Gasteiger partial charge on any atom is 0.255 e. The second kappa shape index (κ2) is 7.45. The monoisotopic (exact) mass is 354 g/mol. The van der Waals surface area contributed by atoms with E-state index in [1.807, 2.05) is 23.1 Å². The first-order valence-corrected chi connectivity index (χ1v) is 9.52. The summed E-state index contributed by atoms with van der Waals surface area (Å²) >= 11 is 0. The van der Waals surface area contributed by atoms with E-state index in [0.29, 0.717) is 11.6 Å². The third-order valence-electron chi connectivity index (χ3n) is 5.47. The Balaban J connectivity index is 1.53. The zero-order valence-corrected chi connectivity index (χ0v) is 14.9. The van der Waals surface area contributed by atoms with Crippen LogP contribution in [-0.4, -0.2) is 39.8 Å². The number of rotatable bonds is 4. The summed E-state index contributed by atoms with van der Waals surface area (Å²) in [5.41, 5.74) is 8.25. The van der Waals surface area contributed by atoms with Crippen molar-refractivity contribution in [1.82, 2.24) is 25.4 Å². The van der Waals surface area contributed by atoms with E-state index in [2.05, 4.69) is 20.7 Å². The van der Waals surface area contributed by atoms with Gasteiger partial charge in [-0.05, 0) is 44.8 Å². The molecule has 0 spiro atoms. The van der Waals surface area contributed by atoms with E-state index in [0.717, 1.165) is 49.9 Å². The maximum atomic E-state index is 12.6. The van der Waals surface area contributed by atoms with Crippen LogP contribution in [0.3, 0.4) is 0 Å². The molecular weight excluding hydrogens is 328 g/mol. The van der Waals surface area contributed by atoms with Crippen molar-refractivity contribution in [3.63, 3.8) is 0 Å². The lowest BCUT2D eigenvalue weighted by Gasteiger charge is -2.22. The summed E-state index contributed by atoms with van der Waals surface area (Å²) in [4.78, 5) is 16.8. The molecule has 26 heavy (non-hydrogen) atoms. The van der Waals surface area contributed by atoms with Crippen LogP contribution >= 0.6 is 0 Å². The van der Waals surface area contributed by atoms with Crippen molar-refractivity contribution >= 4 is 11.7 Å². The molecule has 3 heterocycles. The molecule has 2 aromatic rings. The lowest BCUT2D eigenvalue weighted by atomic mass is 10.1. The molecule has 4 N–H and O–H groups in total. The minimum Gasteiger partial charge on any atom is -0.383 e. The van der Waals surface area contributed by atoms with E-state index in [1.165, 1.54) is 12.8 Å². The van der Waals surface area contributed by atoms with E-state index in [9.17, 15) is 4.79 Å². The van der Waals surface area contributed by atoms with E-state index in [1.54, 1.807) is 6.20 Å². The minimum absolute atomic E-state index is 0.130. The van der Waals surface area contributed by atoms with Gasteiger partial charge in [-0.1, -0.05) is 12.8 Å². The van der Waals surface area contributed by atoms with Gasteiger partial charge in [-0.2, -0.15) is 5.10 Å². The molecular formula is C19H26N6O. The van der Waals surface area contributed by atoms with Crippen LogP contribution in [0.4, 0.5) is 5.82 Å². The van der Waals surface area contributed by atoms with Crippen molar-refractivity contribution in [3.8, 4) is 11.1 Å². The van der Waals surface area contributed by atoms with Gasteiger partial charge >= 0.3 is 0 Å². The van der Waals surface area contributed by atoms with Crippen LogP contribution in [0, 0.1) is 0 Å². The average Bonchev–Trinajstić information content (AvgIpc) is 3.35. The highest BCUT2D eigenvalue weighted by molar-refractivity contribution is 5.99. The van der Waals surface area contributed by atoms with Crippen molar-refractivity contribution in [3.05, 3.63) is 30.2 Å². The summed E-state index contributed by atoms with van der Waals surface area (Å²) in [6, 6.07) is 2.52. The summed E-state index contributed by atoms with van der Waals surface area (Å²) in [6.45, 7) is 2.05. The van der Waals surface area contributed by atoms with Gasteiger partial charge in [0.25, 0.3) is 5.91 Å². The van der Waals surface area contributed by atoms with E-state index in [-0.39, 0.29) is 17.8 Å². The number of nitrogens with two attached hydrogens (primary N) is 1. The van der Waals surface area contributed by atoms with Crippen LogP contribution in [0.2, 0.25) is 0 Å². The summed E-state index contributed by atoms with van der Waals surface area (Å²) in [7, 11) is 0. The predicted molar refractivity (Wildman–Crippen MR) is 101 cm³/mol. The molecule has 0 aromatic carbocycles. The summed E-state index contributed by atoms with van der Waals surface area (Å²) in [5.74, 6) is 0.143. The van der Waals surface area contributed by atoms with Gasteiger partial charge < -0.3 is 16.4 Å². The fraction of sp³-hybridized carbons (Fsp3) is 0.526. The minimum atomic E-state index is -0.130. The zero-order valence-electron chi connectivity index (χ0n) is 14.9. The zero-order chi connectivity index (χ0) is 17.9. The van der Waals surface area contributed by atoms with Crippen molar-refractivity contribution in [2.45, 2.75) is 50.6 Å². The molecule has 7 heteroatoms. The molecule has 1 saturated heterocycles. The molecule has 4 rings (SSSR count). The largest absolute Gasteiger partial charge is 0.383 e. The molecule has 1 aliphatic carbocycles. The van der Waals surface area contributed by atoms with Crippen LogP contribution in [0.25, 0.3) is 11.1 Å². The number of nitrogens with one attached hydrogen (secondary N) is 2. The van der Waals surface area contributed by atoms with Gasteiger partial charge in [-0.25, -0.2) is 4.98 Å². The number of hydrogen-bond donors (Lipinski definition) is 3. The topological polar surface area (TPSA) is 97.9 Å². The van der Waals surface area contributed by atoms with Crippen LogP contribution < -0.4 is 16.4 Å². The third-order valence-corrected chi connectivity index (χ3v) is 5.47. The first kappa shape index (κ1) is 17.0. The SMILES string of the molecule is Nc1ncc(-c2cnn(C3CCNCC3)c2)cc1C(=O)NC1CCCC1. The Bertz CT molecular complexity index is 774. The Labute approximate surface area is 153 Å². The number of pyridine rings is 1. The number of anilines is 1. The quantitative estimate of drug-likeness (QED) is 0.781. The smallest absolute Gasteiger partial charge is 0.255 e. The second-order valence-corrected chi connectivity index (χ2v) is 7.30. The predicted octanol–water partition coefficient (Wildman–Crippen LogP) is 2.12. The number of nitrogens with zero attached hydrogens (tertiary/aromatic N) is 3. The number of nitrogen functional groups attached to an aromatic ring is 1. The van der Waals surface area contributed by atoms with Crippen LogP contribution in [0.5, 0.6) is 0 Å². The van der Waals surface area contributed by atoms with Gasteiger partial charge in [0.15, 0.2) is 0 Å². The third kappa shape index (κ3) is 3.58. The van der Waals surface area contributed by atoms with Crippen molar-refractivity contribution < 1.29 is 4.79 Å². The number of piperidine rings is 1. The first-order valence-electron chi connectivity index (χ1n) is 9.52. The Kier molecular flexibility index (Phi) is 4.88. The van der Waals surface area contributed by atoms with Crippen LogP contribution in [-0.2, 0) is 0 Å². The number of carbonyl (C=O) groups excluding carboxylic acids is 1. The summed E-state index contributed by atoms with van der Waals surface area (Å²) < 4.78 is 2.03. The molecule has 2 fully saturated rings. The van der Waals surface area contributed by atoms with Gasteiger partial charge in [0, 0.05) is 29.6 Å². The van der Waals surface area contributed by atoms with Gasteiger partial charge in [-0.3, -0.25) is 9.48 Å². The average molecular weight is 354 g/mol. The van der Waals surface area contributed by atoms with Crippen molar-refractivity contribution in [2.24, 2.45) is 0 Å².